The lowest BCUT2D eigenvalue weighted by atomic mass is 10.1. The van der Waals surface area contributed by atoms with Crippen molar-refractivity contribution in [3.05, 3.63) is 60.2 Å². The average molecular weight is 376 g/mol. The Labute approximate surface area is 134 Å². The smallest absolute Gasteiger partial charge is 0.385 e. The fraction of sp³-hybridized carbons (Fsp3) is 0.143. The van der Waals surface area contributed by atoms with Crippen LogP contribution in [0.15, 0.2) is 54.6 Å². The Bertz CT molecular complexity index is 648. The summed E-state index contributed by atoms with van der Waals surface area (Å²) in [7, 11) is -4.96. The van der Waals surface area contributed by atoms with Crippen LogP contribution in [0.2, 0.25) is 0 Å². The fourth-order valence-corrected chi connectivity index (χ4v) is 2.08. The molecule has 2 rings (SSSR count). The summed E-state index contributed by atoms with van der Waals surface area (Å²) in [4.78, 5) is 0. The van der Waals surface area contributed by atoms with Crippen LogP contribution in [0, 0.1) is 0 Å². The van der Waals surface area contributed by atoms with E-state index in [2.05, 4.69) is 9.50 Å². The minimum atomic E-state index is -4.96. The molecule has 7 heteroatoms. The molecular weight excluding hydrogens is 361 g/mol. The molecule has 0 spiro atoms. The van der Waals surface area contributed by atoms with Gasteiger partial charge in [-0.2, -0.15) is 8.42 Å². The Kier molecular flexibility index (Phi) is 6.64. The van der Waals surface area contributed by atoms with E-state index in [1.165, 1.54) is 17.7 Å². The van der Waals surface area contributed by atoms with E-state index in [4.69, 9.17) is 0 Å². The summed E-state index contributed by atoms with van der Waals surface area (Å²) in [6, 6.07) is 16.1. The maximum absolute atomic E-state index is 12.3. The highest BCUT2D eigenvalue weighted by atomic mass is 79.9. The molecule has 0 unspecified atom stereocenters. The molecule has 0 amide bonds. The molecular formula is C14H15BrFNO3S. The van der Waals surface area contributed by atoms with Crippen molar-refractivity contribution in [2.24, 2.45) is 0 Å². The monoisotopic (exact) mass is 375 g/mol. The van der Waals surface area contributed by atoms with Gasteiger partial charge in [0.1, 0.15) is 5.75 Å². The standard InChI is InChI=1S/C14H14FNO3S.BrH/c15-20(17,18)19-14-8-6-13(7-9-14)16-11-10-12-4-2-1-3-5-12;/h1-9,16H,10-11H2;1H. The summed E-state index contributed by atoms with van der Waals surface area (Å²) in [5.41, 5.74) is 2.04. The van der Waals surface area contributed by atoms with E-state index in [0.717, 1.165) is 18.7 Å². The van der Waals surface area contributed by atoms with Gasteiger partial charge < -0.3 is 9.50 Å². The highest BCUT2D eigenvalue weighted by Crippen LogP contribution is 2.17. The lowest BCUT2D eigenvalue weighted by Crippen LogP contribution is -2.05. The first kappa shape index (κ1) is 17.5. The van der Waals surface area contributed by atoms with E-state index in [1.807, 2.05) is 30.3 Å². The lowest BCUT2D eigenvalue weighted by Gasteiger charge is -2.07. The molecule has 114 valence electrons. The van der Waals surface area contributed by atoms with Crippen LogP contribution in [0.25, 0.3) is 0 Å². The number of benzene rings is 2. The van der Waals surface area contributed by atoms with Crippen molar-refractivity contribution in [1.29, 1.82) is 0 Å². The third-order valence-electron chi connectivity index (χ3n) is 2.64. The zero-order chi connectivity index (χ0) is 14.4. The van der Waals surface area contributed by atoms with Crippen molar-refractivity contribution >= 4 is 33.2 Å². The van der Waals surface area contributed by atoms with Crippen LogP contribution < -0.4 is 9.50 Å². The summed E-state index contributed by atoms with van der Waals surface area (Å²) in [6.07, 6.45) is 0.873. The third kappa shape index (κ3) is 6.59. The molecule has 2 aromatic carbocycles. The van der Waals surface area contributed by atoms with Crippen molar-refractivity contribution in [1.82, 2.24) is 0 Å². The Morgan fingerprint density at radius 3 is 2.19 bits per heavy atom. The molecule has 1 N–H and O–H groups in total. The first-order valence-electron chi connectivity index (χ1n) is 6.05. The molecule has 0 radical (unpaired) electrons. The zero-order valence-electron chi connectivity index (χ0n) is 11.0. The van der Waals surface area contributed by atoms with Crippen molar-refractivity contribution in [2.45, 2.75) is 6.42 Å². The first-order chi connectivity index (χ1) is 9.53. The molecule has 21 heavy (non-hydrogen) atoms. The van der Waals surface area contributed by atoms with E-state index in [0.29, 0.717) is 0 Å². The second-order valence-corrected chi connectivity index (χ2v) is 5.12. The van der Waals surface area contributed by atoms with Crippen LogP contribution in [-0.4, -0.2) is 15.0 Å². The number of halogens is 2. The van der Waals surface area contributed by atoms with Gasteiger partial charge in [0.25, 0.3) is 0 Å². The maximum Gasteiger partial charge on any atom is 0.488 e. The predicted molar refractivity (Wildman–Crippen MR) is 86.1 cm³/mol. The number of anilines is 1. The Morgan fingerprint density at radius 2 is 1.62 bits per heavy atom. The molecule has 0 fully saturated rings. The number of hydrogen-bond acceptors (Lipinski definition) is 4. The zero-order valence-corrected chi connectivity index (χ0v) is 13.6. The van der Waals surface area contributed by atoms with Gasteiger partial charge in [-0.05, 0) is 36.2 Å². The van der Waals surface area contributed by atoms with Gasteiger partial charge in [0.05, 0.1) is 0 Å². The second kappa shape index (κ2) is 7.99. The lowest BCUT2D eigenvalue weighted by molar-refractivity contribution is 0.440. The SMILES string of the molecule is Br.O=S(=O)(F)Oc1ccc(NCCc2ccccc2)cc1. The molecule has 0 aliphatic rings. The Morgan fingerprint density at radius 1 is 1.00 bits per heavy atom. The quantitative estimate of drug-likeness (QED) is 0.784. The van der Waals surface area contributed by atoms with Gasteiger partial charge in [-0.1, -0.05) is 34.2 Å². The molecule has 0 saturated carbocycles. The largest absolute Gasteiger partial charge is 0.488 e. The summed E-state index contributed by atoms with van der Waals surface area (Å²) in [6.45, 7) is 0.742. The number of hydrogen-bond donors (Lipinski definition) is 1. The van der Waals surface area contributed by atoms with Gasteiger partial charge in [0.15, 0.2) is 0 Å². The van der Waals surface area contributed by atoms with Crippen LogP contribution in [0.1, 0.15) is 5.56 Å². The molecule has 0 aliphatic heterocycles. The Balaban J connectivity index is 0.00000220. The van der Waals surface area contributed by atoms with Gasteiger partial charge in [-0.3, -0.25) is 0 Å². The summed E-state index contributed by atoms with van der Waals surface area (Å²) in [5.74, 6) is -0.0545. The minimum Gasteiger partial charge on any atom is -0.385 e. The molecule has 2 aromatic rings. The molecule has 0 aromatic heterocycles. The van der Waals surface area contributed by atoms with Gasteiger partial charge in [0.2, 0.25) is 0 Å². The number of nitrogens with one attached hydrogen (secondary N) is 1. The highest BCUT2D eigenvalue weighted by Gasteiger charge is 2.08. The van der Waals surface area contributed by atoms with Gasteiger partial charge >= 0.3 is 10.5 Å². The van der Waals surface area contributed by atoms with Crippen molar-refractivity contribution < 1.29 is 16.5 Å². The predicted octanol–water partition coefficient (Wildman–Crippen LogP) is 3.51. The summed E-state index contributed by atoms with van der Waals surface area (Å²) < 4.78 is 37.0. The van der Waals surface area contributed by atoms with Crippen LogP contribution >= 0.6 is 17.0 Å². The molecule has 0 aliphatic carbocycles. The van der Waals surface area contributed by atoms with Gasteiger partial charge in [-0.25, -0.2) is 0 Å². The van der Waals surface area contributed by atoms with Crippen molar-refractivity contribution in [3.8, 4) is 5.75 Å². The van der Waals surface area contributed by atoms with Gasteiger partial charge in [-0.15, -0.1) is 17.0 Å². The van der Waals surface area contributed by atoms with Gasteiger partial charge in [0, 0.05) is 12.2 Å². The van der Waals surface area contributed by atoms with Crippen LogP contribution in [0.4, 0.5) is 9.57 Å². The maximum atomic E-state index is 12.3. The number of rotatable bonds is 6. The first-order valence-corrected chi connectivity index (χ1v) is 7.36. The minimum absolute atomic E-state index is 0. The van der Waals surface area contributed by atoms with E-state index < -0.39 is 10.5 Å². The molecule has 4 nitrogen and oxygen atoms in total. The topological polar surface area (TPSA) is 55.4 Å². The van der Waals surface area contributed by atoms with Crippen molar-refractivity contribution in [2.75, 3.05) is 11.9 Å². The summed E-state index contributed by atoms with van der Waals surface area (Å²) in [5, 5.41) is 3.18. The molecule has 0 bridgehead atoms. The van der Waals surface area contributed by atoms with Crippen LogP contribution in [0.5, 0.6) is 5.75 Å². The van der Waals surface area contributed by atoms with E-state index in [1.54, 1.807) is 12.1 Å². The summed E-state index contributed by atoms with van der Waals surface area (Å²) >= 11 is 0. The highest BCUT2D eigenvalue weighted by molar-refractivity contribution is 8.93. The van der Waals surface area contributed by atoms with Crippen LogP contribution in [-0.2, 0) is 16.9 Å². The second-order valence-electron chi connectivity index (χ2n) is 4.16. The van der Waals surface area contributed by atoms with E-state index in [9.17, 15) is 12.3 Å². The van der Waals surface area contributed by atoms with Crippen LogP contribution in [0.3, 0.4) is 0 Å². The normalized spacial score (nSPS) is 10.5. The molecule has 0 heterocycles. The Hall–Kier alpha value is -1.60. The van der Waals surface area contributed by atoms with E-state index in [-0.39, 0.29) is 22.7 Å². The van der Waals surface area contributed by atoms with Crippen molar-refractivity contribution in [3.63, 3.8) is 0 Å². The average Bonchev–Trinajstić information content (AvgIpc) is 2.40. The molecule has 0 saturated heterocycles. The fourth-order valence-electron chi connectivity index (χ4n) is 1.74. The molecule has 0 atom stereocenters. The third-order valence-corrected chi connectivity index (χ3v) is 3.03. The van der Waals surface area contributed by atoms with E-state index >= 15 is 0 Å².